The second-order valence-corrected chi connectivity index (χ2v) is 11.5. The number of amides is 1. The molecule has 0 spiro atoms. The van der Waals surface area contributed by atoms with Crippen molar-refractivity contribution in [1.82, 2.24) is 15.2 Å². The van der Waals surface area contributed by atoms with Crippen molar-refractivity contribution in [2.45, 2.75) is 88.7 Å². The summed E-state index contributed by atoms with van der Waals surface area (Å²) in [6.45, 7) is 4.90. The second-order valence-electron chi connectivity index (χ2n) is 11.5. The summed E-state index contributed by atoms with van der Waals surface area (Å²) in [5.41, 5.74) is 3.96. The molecule has 3 aliphatic rings. The molecule has 1 aromatic heterocycles. The summed E-state index contributed by atoms with van der Waals surface area (Å²) in [6.07, 6.45) is 9.88. The summed E-state index contributed by atoms with van der Waals surface area (Å²) >= 11 is 0. The van der Waals surface area contributed by atoms with Gasteiger partial charge in [0.1, 0.15) is 0 Å². The van der Waals surface area contributed by atoms with Gasteiger partial charge >= 0.3 is 0 Å². The topological polar surface area (TPSA) is 82.2 Å². The zero-order valence-electron chi connectivity index (χ0n) is 24.3. The van der Waals surface area contributed by atoms with E-state index in [0.717, 1.165) is 63.5 Å². The van der Waals surface area contributed by atoms with Crippen LogP contribution in [0.25, 0.3) is 0 Å². The molecule has 3 aliphatic heterocycles. The lowest BCUT2D eigenvalue weighted by Gasteiger charge is -2.38. The zero-order valence-corrected chi connectivity index (χ0v) is 24.3. The molecule has 4 heterocycles. The molecule has 8 nitrogen and oxygen atoms in total. The predicted octanol–water partition coefficient (Wildman–Crippen LogP) is 4.64. The number of benzene rings is 1. The molecule has 8 heteroatoms. The number of likely N-dealkylation sites (tertiary alicyclic amines) is 1. The van der Waals surface area contributed by atoms with Crippen LogP contribution in [0.5, 0.6) is 5.75 Å². The molecule has 1 amide bonds. The smallest absolute Gasteiger partial charge is 0.276 e. The lowest BCUT2D eigenvalue weighted by atomic mass is 9.95. The minimum Gasteiger partial charge on any atom is -0.494 e. The average Bonchev–Trinajstić information content (AvgIpc) is 3.00. The standard InChI is InChI=1S/C32H45N3O5/c1-22-7-9-23(10-8-22)28-6-4-5-26(40-28)12-11-24-13-17-33-30(31(24)38-3)32(36)35-18-14-25(15-19-35)34-27-16-20-39-21-29(27)37-2/h7-10,13,17,25-29,34H,4-6,11-12,14-16,18-21H2,1-3H3/t26-,27+,28+,29-/m1/s1. The molecule has 40 heavy (non-hydrogen) atoms. The number of aromatic nitrogens is 1. The number of carbonyl (C=O) groups excluding carboxylic acids is 1. The van der Waals surface area contributed by atoms with E-state index in [4.69, 9.17) is 18.9 Å². The van der Waals surface area contributed by atoms with Crippen molar-refractivity contribution in [2.75, 3.05) is 40.5 Å². The molecule has 1 aromatic carbocycles. The summed E-state index contributed by atoms with van der Waals surface area (Å²) in [5.74, 6) is 0.551. The van der Waals surface area contributed by atoms with E-state index in [2.05, 4.69) is 41.5 Å². The molecule has 2 aromatic rings. The van der Waals surface area contributed by atoms with Crippen LogP contribution in [0.1, 0.15) is 78.2 Å². The van der Waals surface area contributed by atoms with Gasteiger partial charge in [-0.1, -0.05) is 29.8 Å². The highest BCUT2D eigenvalue weighted by atomic mass is 16.5. The van der Waals surface area contributed by atoms with Crippen LogP contribution in [0.3, 0.4) is 0 Å². The summed E-state index contributed by atoms with van der Waals surface area (Å²) < 4.78 is 23.5. The Morgan fingerprint density at radius 3 is 2.62 bits per heavy atom. The fraction of sp³-hybridized carbons (Fsp3) is 0.625. The minimum atomic E-state index is -0.0497. The Morgan fingerprint density at radius 2 is 1.88 bits per heavy atom. The van der Waals surface area contributed by atoms with Gasteiger partial charge in [-0.3, -0.25) is 4.79 Å². The first kappa shape index (κ1) is 29.0. The van der Waals surface area contributed by atoms with Gasteiger partial charge in [-0.2, -0.15) is 0 Å². The summed E-state index contributed by atoms with van der Waals surface area (Å²) in [4.78, 5) is 20.0. The predicted molar refractivity (Wildman–Crippen MR) is 154 cm³/mol. The molecule has 3 saturated heterocycles. The Labute approximate surface area is 238 Å². The normalized spacial score (nSPS) is 26.0. The first-order valence-electron chi connectivity index (χ1n) is 15.0. The number of nitrogens with zero attached hydrogens (tertiary/aromatic N) is 2. The van der Waals surface area contributed by atoms with Gasteiger partial charge in [-0.25, -0.2) is 4.98 Å². The minimum absolute atomic E-state index is 0.0497. The van der Waals surface area contributed by atoms with Gasteiger partial charge < -0.3 is 29.2 Å². The zero-order chi connectivity index (χ0) is 27.9. The van der Waals surface area contributed by atoms with Gasteiger partial charge in [0.2, 0.25) is 0 Å². The number of methoxy groups -OCH3 is 2. The van der Waals surface area contributed by atoms with E-state index < -0.39 is 0 Å². The van der Waals surface area contributed by atoms with Crippen LogP contribution in [0.2, 0.25) is 0 Å². The van der Waals surface area contributed by atoms with E-state index in [-0.39, 0.29) is 24.2 Å². The summed E-state index contributed by atoms with van der Waals surface area (Å²) in [5, 5.41) is 3.76. The van der Waals surface area contributed by atoms with E-state index in [1.165, 1.54) is 11.1 Å². The molecule has 0 bridgehead atoms. The number of nitrogens with one attached hydrogen (secondary N) is 1. The number of hydrogen-bond acceptors (Lipinski definition) is 7. The maximum atomic E-state index is 13.6. The molecular weight excluding hydrogens is 506 g/mol. The number of hydrogen-bond donors (Lipinski definition) is 1. The molecule has 1 N–H and O–H groups in total. The van der Waals surface area contributed by atoms with Crippen molar-refractivity contribution in [3.63, 3.8) is 0 Å². The molecule has 0 saturated carbocycles. The Morgan fingerprint density at radius 1 is 1.07 bits per heavy atom. The van der Waals surface area contributed by atoms with Crippen molar-refractivity contribution < 1.29 is 23.7 Å². The molecule has 0 unspecified atom stereocenters. The average molecular weight is 552 g/mol. The molecule has 5 rings (SSSR count). The summed E-state index contributed by atoms with van der Waals surface area (Å²) in [7, 11) is 3.38. The van der Waals surface area contributed by atoms with Gasteiger partial charge in [0.15, 0.2) is 11.4 Å². The highest BCUT2D eigenvalue weighted by Crippen LogP contribution is 2.34. The van der Waals surface area contributed by atoms with Crippen LogP contribution in [-0.4, -0.2) is 80.6 Å². The SMILES string of the molecule is COc1c(CC[C@H]2CCC[C@@H](c3ccc(C)cc3)O2)ccnc1C(=O)N1CCC(N[C@H]2CCOC[C@H]2OC)CC1. The Balaban J connectivity index is 1.16. The Kier molecular flexibility index (Phi) is 10.1. The quantitative estimate of drug-likeness (QED) is 0.486. The van der Waals surface area contributed by atoms with E-state index in [9.17, 15) is 4.79 Å². The highest BCUT2D eigenvalue weighted by Gasteiger charge is 2.32. The number of carbonyl (C=O) groups is 1. The number of ether oxygens (including phenoxy) is 4. The van der Waals surface area contributed by atoms with Crippen molar-refractivity contribution in [1.29, 1.82) is 0 Å². The van der Waals surface area contributed by atoms with Crippen molar-refractivity contribution in [3.05, 3.63) is 58.9 Å². The van der Waals surface area contributed by atoms with Crippen molar-refractivity contribution in [3.8, 4) is 5.75 Å². The van der Waals surface area contributed by atoms with Crippen LogP contribution in [-0.2, 0) is 20.6 Å². The Bertz CT molecular complexity index is 1100. The third kappa shape index (κ3) is 7.03. The van der Waals surface area contributed by atoms with Crippen LogP contribution in [0, 0.1) is 6.92 Å². The Hall–Kier alpha value is -2.52. The van der Waals surface area contributed by atoms with E-state index >= 15 is 0 Å². The van der Waals surface area contributed by atoms with Crippen molar-refractivity contribution in [2.24, 2.45) is 0 Å². The van der Waals surface area contributed by atoms with E-state index in [1.54, 1.807) is 20.4 Å². The molecule has 0 radical (unpaired) electrons. The van der Waals surface area contributed by atoms with Crippen molar-refractivity contribution >= 4 is 5.91 Å². The third-order valence-corrected chi connectivity index (χ3v) is 8.77. The largest absolute Gasteiger partial charge is 0.494 e. The monoisotopic (exact) mass is 551 g/mol. The molecule has 3 fully saturated rings. The maximum absolute atomic E-state index is 13.6. The highest BCUT2D eigenvalue weighted by molar-refractivity contribution is 5.95. The van der Waals surface area contributed by atoms with Crippen LogP contribution in [0.4, 0.5) is 0 Å². The van der Waals surface area contributed by atoms with Gasteiger partial charge in [0.05, 0.1) is 32.0 Å². The lowest BCUT2D eigenvalue weighted by molar-refractivity contribution is -0.0546. The van der Waals surface area contributed by atoms with E-state index in [1.807, 2.05) is 11.0 Å². The molecular formula is C32H45N3O5. The lowest BCUT2D eigenvalue weighted by Crippen LogP contribution is -2.54. The molecule has 218 valence electrons. The van der Waals surface area contributed by atoms with E-state index in [0.29, 0.717) is 43.2 Å². The van der Waals surface area contributed by atoms with Gasteiger partial charge in [-0.05, 0) is 75.5 Å². The first-order chi connectivity index (χ1) is 19.6. The fourth-order valence-electron chi connectivity index (χ4n) is 6.36. The summed E-state index contributed by atoms with van der Waals surface area (Å²) in [6, 6.07) is 11.3. The second kappa shape index (κ2) is 13.9. The third-order valence-electron chi connectivity index (χ3n) is 8.77. The van der Waals surface area contributed by atoms with Gasteiger partial charge in [0, 0.05) is 45.1 Å². The van der Waals surface area contributed by atoms with Crippen LogP contribution < -0.4 is 10.1 Å². The van der Waals surface area contributed by atoms with Crippen LogP contribution >= 0.6 is 0 Å². The fourth-order valence-corrected chi connectivity index (χ4v) is 6.36. The first-order valence-corrected chi connectivity index (χ1v) is 15.0. The number of rotatable bonds is 9. The number of pyridine rings is 1. The maximum Gasteiger partial charge on any atom is 0.276 e. The molecule has 0 aliphatic carbocycles. The number of aryl methyl sites for hydroxylation is 2. The van der Waals surface area contributed by atoms with Crippen LogP contribution in [0.15, 0.2) is 36.5 Å². The number of piperidine rings is 1. The molecule has 4 atom stereocenters. The van der Waals surface area contributed by atoms with Gasteiger partial charge in [-0.15, -0.1) is 0 Å². The van der Waals surface area contributed by atoms with Gasteiger partial charge in [0.25, 0.3) is 5.91 Å².